The molecule has 0 bridgehead atoms. The van der Waals surface area contributed by atoms with E-state index in [-0.39, 0.29) is 0 Å². The van der Waals surface area contributed by atoms with Gasteiger partial charge in [-0.3, -0.25) is 0 Å². The van der Waals surface area contributed by atoms with Gasteiger partial charge in [-0.1, -0.05) is 6.07 Å². The van der Waals surface area contributed by atoms with Crippen LogP contribution in [0.2, 0.25) is 0 Å². The van der Waals surface area contributed by atoms with E-state index in [4.69, 9.17) is 0 Å². The number of nitrogens with zero attached hydrogens (tertiary/aromatic N) is 2. The van der Waals surface area contributed by atoms with Crippen molar-refractivity contribution in [3.63, 3.8) is 0 Å². The van der Waals surface area contributed by atoms with E-state index in [2.05, 4.69) is 53.3 Å². The van der Waals surface area contributed by atoms with E-state index in [9.17, 15) is 0 Å². The Bertz CT molecular complexity index is 512. The van der Waals surface area contributed by atoms with Gasteiger partial charge in [-0.05, 0) is 32.0 Å². The van der Waals surface area contributed by atoms with Gasteiger partial charge in [0.2, 0.25) is 0 Å². The Morgan fingerprint density at radius 1 is 1.28 bits per heavy atom. The molecule has 1 N–H and O–H groups in total. The predicted octanol–water partition coefficient (Wildman–Crippen LogP) is 3.44. The average Bonchev–Trinajstić information content (AvgIpc) is 2.67. The molecule has 1 aromatic carbocycles. The van der Waals surface area contributed by atoms with Crippen molar-refractivity contribution in [1.29, 1.82) is 0 Å². The molecule has 0 aliphatic rings. The van der Waals surface area contributed by atoms with Gasteiger partial charge >= 0.3 is 0 Å². The standard InChI is InChI=1S/C14H19N3S/c1-10-11(2)18-14(16-10)9-15-12-6-5-7-13(8-12)17(3)4/h5-8,15H,9H2,1-4H3. The third kappa shape index (κ3) is 3.01. The highest BCUT2D eigenvalue weighted by atomic mass is 32.1. The maximum atomic E-state index is 4.53. The summed E-state index contributed by atoms with van der Waals surface area (Å²) in [5, 5.41) is 4.56. The zero-order chi connectivity index (χ0) is 13.1. The topological polar surface area (TPSA) is 28.2 Å². The van der Waals surface area contributed by atoms with Gasteiger partial charge in [-0.25, -0.2) is 4.98 Å². The van der Waals surface area contributed by atoms with Crippen LogP contribution in [0.1, 0.15) is 15.6 Å². The van der Waals surface area contributed by atoms with E-state index in [0.29, 0.717) is 0 Å². The molecule has 0 atom stereocenters. The first-order chi connectivity index (χ1) is 8.56. The molecule has 0 amide bonds. The third-order valence-corrected chi connectivity index (χ3v) is 3.95. The summed E-state index contributed by atoms with van der Waals surface area (Å²) in [5.74, 6) is 0. The predicted molar refractivity (Wildman–Crippen MR) is 79.7 cm³/mol. The number of aryl methyl sites for hydroxylation is 2. The van der Waals surface area contributed by atoms with Crippen molar-refractivity contribution < 1.29 is 0 Å². The molecule has 1 aromatic heterocycles. The van der Waals surface area contributed by atoms with Crippen LogP contribution in [0, 0.1) is 13.8 Å². The van der Waals surface area contributed by atoms with Crippen molar-refractivity contribution in [1.82, 2.24) is 4.98 Å². The second-order valence-corrected chi connectivity index (χ2v) is 5.84. The number of anilines is 2. The Kier molecular flexibility index (Phi) is 3.87. The molecule has 2 aromatic rings. The lowest BCUT2D eigenvalue weighted by Crippen LogP contribution is -2.09. The Morgan fingerprint density at radius 3 is 2.67 bits per heavy atom. The van der Waals surface area contributed by atoms with E-state index in [1.165, 1.54) is 10.6 Å². The lowest BCUT2D eigenvalue weighted by atomic mass is 10.2. The summed E-state index contributed by atoms with van der Waals surface area (Å²) in [5.41, 5.74) is 3.47. The largest absolute Gasteiger partial charge is 0.378 e. The number of aromatic nitrogens is 1. The van der Waals surface area contributed by atoms with Gasteiger partial charge in [0, 0.05) is 30.3 Å². The van der Waals surface area contributed by atoms with Gasteiger partial charge < -0.3 is 10.2 Å². The van der Waals surface area contributed by atoms with Gasteiger partial charge in [0.1, 0.15) is 5.01 Å². The number of hydrogen-bond donors (Lipinski definition) is 1. The summed E-state index contributed by atoms with van der Waals surface area (Å²) in [7, 11) is 4.10. The molecule has 0 spiro atoms. The Morgan fingerprint density at radius 2 is 2.06 bits per heavy atom. The van der Waals surface area contributed by atoms with Crippen molar-refractivity contribution in [2.45, 2.75) is 20.4 Å². The van der Waals surface area contributed by atoms with E-state index in [0.717, 1.165) is 22.9 Å². The zero-order valence-corrected chi connectivity index (χ0v) is 12.1. The first kappa shape index (κ1) is 12.9. The van der Waals surface area contributed by atoms with Crippen molar-refractivity contribution in [2.75, 3.05) is 24.3 Å². The Balaban J connectivity index is 2.03. The van der Waals surface area contributed by atoms with E-state index < -0.39 is 0 Å². The van der Waals surface area contributed by atoms with E-state index >= 15 is 0 Å². The van der Waals surface area contributed by atoms with Crippen LogP contribution >= 0.6 is 11.3 Å². The van der Waals surface area contributed by atoms with Crippen LogP contribution in [0.4, 0.5) is 11.4 Å². The molecule has 2 rings (SSSR count). The summed E-state index contributed by atoms with van der Waals surface area (Å²) < 4.78 is 0. The first-order valence-electron chi connectivity index (χ1n) is 6.00. The van der Waals surface area contributed by atoms with Gasteiger partial charge in [0.05, 0.1) is 12.2 Å². The van der Waals surface area contributed by atoms with Crippen LogP contribution in [0.3, 0.4) is 0 Å². The molecule has 96 valence electrons. The number of hydrogen-bond acceptors (Lipinski definition) is 4. The fourth-order valence-corrected chi connectivity index (χ4v) is 2.56. The van der Waals surface area contributed by atoms with Gasteiger partial charge in [-0.2, -0.15) is 0 Å². The number of nitrogens with one attached hydrogen (secondary N) is 1. The Labute approximate surface area is 112 Å². The third-order valence-electron chi connectivity index (χ3n) is 2.88. The van der Waals surface area contributed by atoms with Gasteiger partial charge in [0.25, 0.3) is 0 Å². The molecular weight excluding hydrogens is 242 g/mol. The fraction of sp³-hybridized carbons (Fsp3) is 0.357. The Hall–Kier alpha value is -1.55. The van der Waals surface area contributed by atoms with Crippen LogP contribution < -0.4 is 10.2 Å². The van der Waals surface area contributed by atoms with Crippen molar-refractivity contribution in [2.24, 2.45) is 0 Å². The maximum Gasteiger partial charge on any atom is 0.112 e. The molecule has 18 heavy (non-hydrogen) atoms. The van der Waals surface area contributed by atoms with Gasteiger partial charge in [0.15, 0.2) is 0 Å². The number of rotatable bonds is 4. The molecule has 0 aliphatic carbocycles. The maximum absolute atomic E-state index is 4.53. The minimum atomic E-state index is 0.788. The second kappa shape index (κ2) is 5.40. The summed E-state index contributed by atoms with van der Waals surface area (Å²) in [6.07, 6.45) is 0. The summed E-state index contributed by atoms with van der Waals surface area (Å²) >= 11 is 1.76. The van der Waals surface area contributed by atoms with Crippen LogP contribution in [-0.4, -0.2) is 19.1 Å². The smallest absolute Gasteiger partial charge is 0.112 e. The van der Waals surface area contributed by atoms with Crippen molar-refractivity contribution in [3.8, 4) is 0 Å². The highest BCUT2D eigenvalue weighted by molar-refractivity contribution is 7.11. The lowest BCUT2D eigenvalue weighted by molar-refractivity contribution is 1.07. The summed E-state index contributed by atoms with van der Waals surface area (Å²) in [6.45, 7) is 4.96. The molecule has 4 heteroatoms. The molecule has 0 unspecified atom stereocenters. The van der Waals surface area contributed by atoms with E-state index in [1.807, 2.05) is 14.1 Å². The van der Waals surface area contributed by atoms with Crippen LogP contribution in [0.15, 0.2) is 24.3 Å². The van der Waals surface area contributed by atoms with Crippen LogP contribution in [0.5, 0.6) is 0 Å². The van der Waals surface area contributed by atoms with Gasteiger partial charge in [-0.15, -0.1) is 11.3 Å². The molecule has 0 saturated carbocycles. The average molecular weight is 261 g/mol. The van der Waals surface area contributed by atoms with E-state index in [1.54, 1.807) is 11.3 Å². The SMILES string of the molecule is Cc1nc(CNc2cccc(N(C)C)c2)sc1C. The molecule has 3 nitrogen and oxygen atoms in total. The normalized spacial score (nSPS) is 10.4. The minimum Gasteiger partial charge on any atom is -0.378 e. The fourth-order valence-electron chi connectivity index (χ4n) is 1.69. The molecule has 0 radical (unpaired) electrons. The summed E-state index contributed by atoms with van der Waals surface area (Å²) in [6, 6.07) is 8.40. The number of benzene rings is 1. The van der Waals surface area contributed by atoms with Crippen LogP contribution in [-0.2, 0) is 6.54 Å². The minimum absolute atomic E-state index is 0.788. The molecule has 0 aliphatic heterocycles. The second-order valence-electron chi connectivity index (χ2n) is 4.55. The molecule has 0 fully saturated rings. The van der Waals surface area contributed by atoms with Crippen molar-refractivity contribution in [3.05, 3.63) is 39.8 Å². The van der Waals surface area contributed by atoms with Crippen LogP contribution in [0.25, 0.3) is 0 Å². The summed E-state index contributed by atoms with van der Waals surface area (Å²) in [4.78, 5) is 7.93. The number of thiazole rings is 1. The first-order valence-corrected chi connectivity index (χ1v) is 6.82. The molecule has 0 saturated heterocycles. The lowest BCUT2D eigenvalue weighted by Gasteiger charge is -2.14. The quantitative estimate of drug-likeness (QED) is 0.914. The zero-order valence-electron chi connectivity index (χ0n) is 11.3. The molecule has 1 heterocycles. The highest BCUT2D eigenvalue weighted by Gasteiger charge is 2.03. The molecular formula is C14H19N3S. The van der Waals surface area contributed by atoms with Crippen molar-refractivity contribution >= 4 is 22.7 Å². The highest BCUT2D eigenvalue weighted by Crippen LogP contribution is 2.20. The monoisotopic (exact) mass is 261 g/mol.